The van der Waals surface area contributed by atoms with Gasteiger partial charge in [-0.15, -0.1) is 0 Å². The molecule has 1 N–H and O–H groups in total. The first-order valence-electron chi connectivity index (χ1n) is 7.39. The summed E-state index contributed by atoms with van der Waals surface area (Å²) in [6, 6.07) is 9.13. The fourth-order valence-electron chi connectivity index (χ4n) is 4.53. The second-order valence-corrected chi connectivity index (χ2v) is 6.80. The third kappa shape index (κ3) is 1.56. The van der Waals surface area contributed by atoms with Gasteiger partial charge in [-0.3, -0.25) is 0 Å². The highest BCUT2D eigenvalue weighted by Crippen LogP contribution is 2.53. The van der Waals surface area contributed by atoms with Gasteiger partial charge in [-0.1, -0.05) is 51.0 Å². The van der Waals surface area contributed by atoms with E-state index < -0.39 is 0 Å². The van der Waals surface area contributed by atoms with Crippen LogP contribution in [0.15, 0.2) is 24.3 Å². The summed E-state index contributed by atoms with van der Waals surface area (Å²) in [4.78, 5) is 0. The molecule has 0 bridgehead atoms. The van der Waals surface area contributed by atoms with E-state index in [0.717, 1.165) is 5.92 Å². The first-order chi connectivity index (χ1) is 8.60. The molecule has 0 spiro atoms. The Balaban J connectivity index is 2.19. The zero-order valence-corrected chi connectivity index (χ0v) is 11.9. The number of nitrogens with one attached hydrogen (secondary N) is 1. The van der Waals surface area contributed by atoms with Crippen molar-refractivity contribution in [1.29, 1.82) is 0 Å². The molecular formula is C17H25N. The average molecular weight is 243 g/mol. The zero-order chi connectivity index (χ0) is 12.8. The molecule has 98 valence electrons. The molecule has 2 aliphatic rings. The van der Waals surface area contributed by atoms with Crippen molar-refractivity contribution in [1.82, 2.24) is 5.32 Å². The van der Waals surface area contributed by atoms with Crippen LogP contribution in [0, 0.1) is 5.92 Å². The molecule has 1 aromatic rings. The highest BCUT2D eigenvalue weighted by molar-refractivity contribution is 5.42. The maximum Gasteiger partial charge on any atom is 0.0464 e. The van der Waals surface area contributed by atoms with Gasteiger partial charge in [0.2, 0.25) is 0 Å². The molecule has 0 aliphatic heterocycles. The molecule has 1 nitrogen and oxygen atoms in total. The summed E-state index contributed by atoms with van der Waals surface area (Å²) in [6.07, 6.45) is 6.79. The van der Waals surface area contributed by atoms with Crippen LogP contribution in [-0.2, 0) is 11.0 Å². The summed E-state index contributed by atoms with van der Waals surface area (Å²) in [5.41, 5.74) is 3.73. The Morgan fingerprint density at radius 2 is 1.83 bits per heavy atom. The summed E-state index contributed by atoms with van der Waals surface area (Å²) >= 11 is 0. The van der Waals surface area contributed by atoms with Gasteiger partial charge in [0.25, 0.3) is 0 Å². The van der Waals surface area contributed by atoms with Crippen molar-refractivity contribution < 1.29 is 0 Å². The monoisotopic (exact) mass is 243 g/mol. The first-order valence-corrected chi connectivity index (χ1v) is 7.39. The number of fused-ring (bicyclic) bond motifs is 3. The van der Waals surface area contributed by atoms with Gasteiger partial charge < -0.3 is 5.32 Å². The molecule has 1 aromatic carbocycles. The number of hydrogen-bond acceptors (Lipinski definition) is 1. The molecule has 2 unspecified atom stereocenters. The lowest BCUT2D eigenvalue weighted by Gasteiger charge is -2.53. The number of benzene rings is 1. The van der Waals surface area contributed by atoms with Gasteiger partial charge in [0.15, 0.2) is 0 Å². The van der Waals surface area contributed by atoms with Crippen LogP contribution in [0.2, 0.25) is 0 Å². The van der Waals surface area contributed by atoms with Crippen molar-refractivity contribution in [2.75, 3.05) is 7.05 Å². The molecule has 1 fully saturated rings. The van der Waals surface area contributed by atoms with Crippen molar-refractivity contribution in [2.24, 2.45) is 5.92 Å². The lowest BCUT2D eigenvalue weighted by atomic mass is 9.56. The molecular weight excluding hydrogens is 218 g/mol. The SMILES string of the molecule is CNC12CCCCC1CC(C)(C)c1ccccc12. The van der Waals surface area contributed by atoms with Crippen molar-refractivity contribution in [3.63, 3.8) is 0 Å². The van der Waals surface area contributed by atoms with Gasteiger partial charge in [-0.25, -0.2) is 0 Å². The van der Waals surface area contributed by atoms with Gasteiger partial charge in [0.1, 0.15) is 0 Å². The van der Waals surface area contributed by atoms with E-state index in [0.29, 0.717) is 5.41 Å². The van der Waals surface area contributed by atoms with E-state index in [2.05, 4.69) is 50.5 Å². The predicted molar refractivity (Wildman–Crippen MR) is 76.8 cm³/mol. The van der Waals surface area contributed by atoms with Crippen LogP contribution in [0.4, 0.5) is 0 Å². The quantitative estimate of drug-likeness (QED) is 0.787. The second kappa shape index (κ2) is 4.09. The standard InChI is InChI=1S/C17H25N/c1-16(2)12-13-8-6-7-11-17(13,18-3)15-10-5-4-9-14(15)16/h4-5,9-10,13,18H,6-8,11-12H2,1-3H3. The van der Waals surface area contributed by atoms with E-state index >= 15 is 0 Å². The van der Waals surface area contributed by atoms with Gasteiger partial charge in [0.05, 0.1) is 0 Å². The summed E-state index contributed by atoms with van der Waals surface area (Å²) in [7, 11) is 2.16. The van der Waals surface area contributed by atoms with Crippen LogP contribution in [0.1, 0.15) is 57.1 Å². The molecule has 0 heterocycles. The third-order valence-electron chi connectivity index (χ3n) is 5.41. The first kappa shape index (κ1) is 12.2. The van der Waals surface area contributed by atoms with E-state index in [9.17, 15) is 0 Å². The average Bonchev–Trinajstić information content (AvgIpc) is 2.39. The molecule has 0 amide bonds. The Labute approximate surface area is 111 Å². The minimum atomic E-state index is 0.254. The maximum absolute atomic E-state index is 3.71. The van der Waals surface area contributed by atoms with Gasteiger partial charge in [0, 0.05) is 5.54 Å². The molecule has 0 radical (unpaired) electrons. The topological polar surface area (TPSA) is 12.0 Å². The molecule has 3 rings (SSSR count). The second-order valence-electron chi connectivity index (χ2n) is 6.80. The van der Waals surface area contributed by atoms with Crippen LogP contribution in [0.5, 0.6) is 0 Å². The smallest absolute Gasteiger partial charge is 0.0464 e. The highest BCUT2D eigenvalue weighted by atomic mass is 15.0. The Kier molecular flexibility index (Phi) is 2.78. The summed E-state index contributed by atoms with van der Waals surface area (Å²) < 4.78 is 0. The Bertz CT molecular complexity index is 449. The normalized spacial score (nSPS) is 33.6. The zero-order valence-electron chi connectivity index (χ0n) is 11.9. The predicted octanol–water partition coefficient (Wildman–Crippen LogP) is 3.97. The van der Waals surface area contributed by atoms with E-state index in [-0.39, 0.29) is 5.54 Å². The highest BCUT2D eigenvalue weighted by Gasteiger charge is 2.49. The minimum absolute atomic E-state index is 0.254. The van der Waals surface area contributed by atoms with Crippen LogP contribution in [0.3, 0.4) is 0 Å². The van der Waals surface area contributed by atoms with Crippen LogP contribution in [0.25, 0.3) is 0 Å². The van der Waals surface area contributed by atoms with Crippen LogP contribution in [-0.4, -0.2) is 7.05 Å². The molecule has 18 heavy (non-hydrogen) atoms. The maximum atomic E-state index is 3.71. The van der Waals surface area contributed by atoms with E-state index in [1.165, 1.54) is 32.1 Å². The molecule has 1 heteroatoms. The lowest BCUT2D eigenvalue weighted by molar-refractivity contribution is 0.100. The molecule has 2 aliphatic carbocycles. The lowest BCUT2D eigenvalue weighted by Crippen LogP contribution is -2.54. The Morgan fingerprint density at radius 3 is 2.56 bits per heavy atom. The van der Waals surface area contributed by atoms with E-state index in [1.54, 1.807) is 11.1 Å². The molecule has 0 aromatic heterocycles. The summed E-state index contributed by atoms with van der Waals surface area (Å²) in [5.74, 6) is 0.807. The van der Waals surface area contributed by atoms with Crippen molar-refractivity contribution in [3.8, 4) is 0 Å². The Morgan fingerprint density at radius 1 is 1.11 bits per heavy atom. The third-order valence-corrected chi connectivity index (χ3v) is 5.41. The number of rotatable bonds is 1. The van der Waals surface area contributed by atoms with E-state index in [1.807, 2.05) is 0 Å². The fraction of sp³-hybridized carbons (Fsp3) is 0.647. The van der Waals surface area contributed by atoms with Gasteiger partial charge >= 0.3 is 0 Å². The minimum Gasteiger partial charge on any atom is -0.310 e. The van der Waals surface area contributed by atoms with Crippen molar-refractivity contribution in [3.05, 3.63) is 35.4 Å². The largest absolute Gasteiger partial charge is 0.310 e. The Hall–Kier alpha value is -0.820. The van der Waals surface area contributed by atoms with Crippen LogP contribution >= 0.6 is 0 Å². The molecule has 1 saturated carbocycles. The van der Waals surface area contributed by atoms with Crippen molar-refractivity contribution >= 4 is 0 Å². The van der Waals surface area contributed by atoms with Gasteiger partial charge in [-0.05, 0) is 48.8 Å². The fourth-order valence-corrected chi connectivity index (χ4v) is 4.53. The molecule has 2 atom stereocenters. The van der Waals surface area contributed by atoms with E-state index in [4.69, 9.17) is 0 Å². The van der Waals surface area contributed by atoms with Crippen molar-refractivity contribution in [2.45, 2.75) is 56.9 Å². The number of hydrogen-bond donors (Lipinski definition) is 1. The van der Waals surface area contributed by atoms with Crippen LogP contribution < -0.4 is 5.32 Å². The molecule has 0 saturated heterocycles. The summed E-state index contributed by atoms with van der Waals surface area (Å²) in [5, 5.41) is 3.71. The summed E-state index contributed by atoms with van der Waals surface area (Å²) in [6.45, 7) is 4.83. The van der Waals surface area contributed by atoms with Gasteiger partial charge in [-0.2, -0.15) is 0 Å².